The summed E-state index contributed by atoms with van der Waals surface area (Å²) in [6, 6.07) is 6.39. The highest BCUT2D eigenvalue weighted by atomic mass is 35.5. The van der Waals surface area contributed by atoms with Crippen molar-refractivity contribution < 1.29 is 9.53 Å². The molecule has 3 heterocycles. The Bertz CT molecular complexity index is 1020. The van der Waals surface area contributed by atoms with E-state index in [-0.39, 0.29) is 11.6 Å². The predicted octanol–water partition coefficient (Wildman–Crippen LogP) is 3.32. The van der Waals surface area contributed by atoms with Crippen LogP contribution in [0.5, 0.6) is 0 Å². The predicted molar refractivity (Wildman–Crippen MR) is 99.7 cm³/mol. The molecule has 0 radical (unpaired) electrons. The first-order valence-corrected chi connectivity index (χ1v) is 8.10. The molecular formula is C17H16ClN5O3. The summed E-state index contributed by atoms with van der Waals surface area (Å²) in [7, 11) is 1.28. The number of fused-ring (bicyclic) bond motifs is 1. The van der Waals surface area contributed by atoms with Gasteiger partial charge in [0.1, 0.15) is 11.5 Å². The second kappa shape index (κ2) is 7.40. The third-order valence-electron chi connectivity index (χ3n) is 3.71. The van der Waals surface area contributed by atoms with Crippen molar-refractivity contribution in [3.05, 3.63) is 57.6 Å². The first-order valence-electron chi connectivity index (χ1n) is 7.72. The zero-order valence-corrected chi connectivity index (χ0v) is 14.8. The Balaban J connectivity index is 1.86. The summed E-state index contributed by atoms with van der Waals surface area (Å²) in [4.78, 5) is 34.7. The topological polar surface area (TPSA) is 109 Å². The monoisotopic (exact) mass is 373 g/mol. The number of amides is 1. The number of methoxy groups -OCH3 is 1. The fourth-order valence-corrected chi connectivity index (χ4v) is 2.63. The van der Waals surface area contributed by atoms with Gasteiger partial charge in [0.25, 0.3) is 5.56 Å². The van der Waals surface area contributed by atoms with Crippen molar-refractivity contribution in [1.29, 1.82) is 0 Å². The van der Waals surface area contributed by atoms with Crippen LogP contribution >= 0.6 is 11.6 Å². The van der Waals surface area contributed by atoms with Gasteiger partial charge in [-0.05, 0) is 25.1 Å². The number of aromatic nitrogens is 3. The van der Waals surface area contributed by atoms with Crippen LogP contribution in [0.4, 0.5) is 16.3 Å². The fraction of sp³-hybridized carbons (Fsp3) is 0.176. The average Bonchev–Trinajstić information content (AvgIpc) is 2.61. The molecule has 3 aromatic heterocycles. The normalized spacial score (nSPS) is 11.8. The molecule has 0 saturated heterocycles. The molecule has 0 aliphatic carbocycles. The summed E-state index contributed by atoms with van der Waals surface area (Å²) < 4.78 is 4.56. The molecule has 0 saturated carbocycles. The van der Waals surface area contributed by atoms with Gasteiger partial charge >= 0.3 is 6.09 Å². The molecule has 3 N–H and O–H groups in total. The van der Waals surface area contributed by atoms with E-state index >= 15 is 0 Å². The summed E-state index contributed by atoms with van der Waals surface area (Å²) in [6.07, 6.45) is 2.44. The van der Waals surface area contributed by atoms with Gasteiger partial charge in [0.15, 0.2) is 0 Å². The minimum atomic E-state index is -0.578. The van der Waals surface area contributed by atoms with Crippen molar-refractivity contribution in [3.8, 4) is 0 Å². The summed E-state index contributed by atoms with van der Waals surface area (Å²) in [5.41, 5.74) is 1.24. The number of hydrogen-bond donors (Lipinski definition) is 3. The zero-order valence-electron chi connectivity index (χ0n) is 14.0. The number of pyridine rings is 3. The van der Waals surface area contributed by atoms with E-state index in [9.17, 15) is 9.59 Å². The minimum Gasteiger partial charge on any atom is -0.453 e. The summed E-state index contributed by atoms with van der Waals surface area (Å²) in [5, 5.41) is 6.90. The molecule has 3 rings (SSSR count). The van der Waals surface area contributed by atoms with Crippen LogP contribution in [0.1, 0.15) is 18.5 Å². The molecule has 26 heavy (non-hydrogen) atoms. The van der Waals surface area contributed by atoms with Gasteiger partial charge in [-0.3, -0.25) is 10.1 Å². The number of anilines is 2. The van der Waals surface area contributed by atoms with Crippen molar-refractivity contribution in [2.24, 2.45) is 0 Å². The lowest BCUT2D eigenvalue weighted by Gasteiger charge is -2.15. The molecule has 0 aliphatic rings. The third kappa shape index (κ3) is 3.92. The van der Waals surface area contributed by atoms with Crippen molar-refractivity contribution in [2.75, 3.05) is 17.7 Å². The van der Waals surface area contributed by atoms with Crippen molar-refractivity contribution in [3.63, 3.8) is 0 Å². The lowest BCUT2D eigenvalue weighted by molar-refractivity contribution is 0.187. The fourth-order valence-electron chi connectivity index (χ4n) is 2.46. The summed E-state index contributed by atoms with van der Waals surface area (Å²) in [6.45, 7) is 1.83. The number of carbonyl (C=O) groups is 1. The Morgan fingerprint density at radius 3 is 2.88 bits per heavy atom. The number of hydrogen-bond acceptors (Lipinski definition) is 6. The quantitative estimate of drug-likeness (QED) is 0.647. The number of ether oxygens (including phenoxy) is 1. The lowest BCUT2D eigenvalue weighted by Crippen LogP contribution is -2.20. The van der Waals surface area contributed by atoms with Crippen LogP contribution in [-0.4, -0.2) is 28.2 Å². The van der Waals surface area contributed by atoms with Crippen LogP contribution in [0.3, 0.4) is 0 Å². The molecule has 1 atom stereocenters. The molecule has 1 amide bonds. The van der Waals surface area contributed by atoms with Crippen LogP contribution in [0.25, 0.3) is 11.0 Å². The number of carbonyl (C=O) groups excluding carboxylic acids is 1. The number of nitrogens with one attached hydrogen (secondary N) is 3. The Labute approximate surface area is 153 Å². The van der Waals surface area contributed by atoms with Crippen molar-refractivity contribution in [1.82, 2.24) is 15.0 Å². The molecule has 134 valence electrons. The summed E-state index contributed by atoms with van der Waals surface area (Å²) >= 11 is 5.97. The van der Waals surface area contributed by atoms with Gasteiger partial charge in [-0.15, -0.1) is 0 Å². The highest BCUT2D eigenvalue weighted by Crippen LogP contribution is 2.21. The van der Waals surface area contributed by atoms with E-state index in [1.165, 1.54) is 19.5 Å². The molecule has 0 aliphatic heterocycles. The van der Waals surface area contributed by atoms with Gasteiger partial charge < -0.3 is 15.0 Å². The molecule has 9 heteroatoms. The van der Waals surface area contributed by atoms with Gasteiger partial charge in [0.2, 0.25) is 0 Å². The van der Waals surface area contributed by atoms with Crippen LogP contribution in [0, 0.1) is 0 Å². The molecule has 3 aromatic rings. The Hall–Kier alpha value is -3.13. The Morgan fingerprint density at radius 1 is 1.31 bits per heavy atom. The van der Waals surface area contributed by atoms with E-state index in [1.807, 2.05) is 6.92 Å². The van der Waals surface area contributed by atoms with E-state index in [0.717, 1.165) is 5.39 Å². The van der Waals surface area contributed by atoms with Gasteiger partial charge in [-0.1, -0.05) is 11.6 Å². The van der Waals surface area contributed by atoms with Gasteiger partial charge in [0.05, 0.1) is 18.2 Å². The average molecular weight is 374 g/mol. The van der Waals surface area contributed by atoms with Gasteiger partial charge in [-0.25, -0.2) is 14.8 Å². The van der Waals surface area contributed by atoms with Crippen LogP contribution in [0.2, 0.25) is 5.02 Å². The molecule has 0 aromatic carbocycles. The van der Waals surface area contributed by atoms with Crippen molar-refractivity contribution >= 4 is 40.2 Å². The maximum atomic E-state index is 12.3. The molecule has 0 bridgehead atoms. The van der Waals surface area contributed by atoms with Gasteiger partial charge in [-0.2, -0.15) is 0 Å². The Morgan fingerprint density at radius 2 is 2.12 bits per heavy atom. The smallest absolute Gasteiger partial charge is 0.411 e. The second-order valence-corrected chi connectivity index (χ2v) is 5.99. The van der Waals surface area contributed by atoms with E-state index in [0.29, 0.717) is 27.7 Å². The van der Waals surface area contributed by atoms with E-state index < -0.39 is 6.09 Å². The number of halogens is 1. The minimum absolute atomic E-state index is 0.254. The zero-order chi connectivity index (χ0) is 18.7. The molecular weight excluding hydrogens is 358 g/mol. The number of H-pyrrole nitrogens is 1. The van der Waals surface area contributed by atoms with Gasteiger partial charge in [0, 0.05) is 35.1 Å². The summed E-state index contributed by atoms with van der Waals surface area (Å²) in [5.74, 6) is 0.495. The highest BCUT2D eigenvalue weighted by molar-refractivity contribution is 6.31. The molecule has 0 spiro atoms. The first-order chi connectivity index (χ1) is 12.5. The van der Waals surface area contributed by atoms with Crippen molar-refractivity contribution in [2.45, 2.75) is 13.0 Å². The van der Waals surface area contributed by atoms with Crippen LogP contribution < -0.4 is 16.2 Å². The largest absolute Gasteiger partial charge is 0.453 e. The van der Waals surface area contributed by atoms with Crippen LogP contribution in [-0.2, 0) is 4.74 Å². The van der Waals surface area contributed by atoms with Crippen LogP contribution in [0.15, 0.2) is 41.5 Å². The molecule has 8 nitrogen and oxygen atoms in total. The van der Waals surface area contributed by atoms with E-state index in [1.54, 1.807) is 24.3 Å². The van der Waals surface area contributed by atoms with E-state index in [4.69, 9.17) is 11.6 Å². The molecule has 0 fully saturated rings. The van der Waals surface area contributed by atoms with E-state index in [2.05, 4.69) is 30.3 Å². The SMILES string of the molecule is COC(=O)Nc1ccnc(N[C@@H](C)c2cc3cc(Cl)cnc3[nH]c2=O)c1. The lowest BCUT2D eigenvalue weighted by atomic mass is 10.1. The molecule has 0 unspecified atom stereocenters. The first kappa shape index (κ1) is 17.7. The number of rotatable bonds is 4. The highest BCUT2D eigenvalue weighted by Gasteiger charge is 2.13. The maximum absolute atomic E-state index is 12.3. The Kier molecular flexibility index (Phi) is 5.04. The number of aromatic amines is 1. The third-order valence-corrected chi connectivity index (χ3v) is 3.92. The second-order valence-electron chi connectivity index (χ2n) is 5.56. The maximum Gasteiger partial charge on any atom is 0.411 e. The standard InChI is InChI=1S/C17H16ClN5O3/c1-9(21-14-7-12(3-4-19-14)22-17(25)26-2)13-6-10-5-11(18)8-20-15(10)23-16(13)24/h3-9H,1-2H3,(H,20,23,24)(H2,19,21,22,25)/t9-/m0/s1. The number of nitrogens with zero attached hydrogens (tertiary/aromatic N) is 2.